The quantitative estimate of drug-likeness (QED) is 0.764. The molecule has 126 valence electrons. The Morgan fingerprint density at radius 2 is 2.05 bits per heavy atom. The smallest absolute Gasteiger partial charge is 0.246 e. The first kappa shape index (κ1) is 17.4. The molecule has 1 fully saturated rings. The maximum absolute atomic E-state index is 12.6. The number of likely N-dealkylation sites (N-methyl/N-ethyl adjacent to an activating group) is 1. The zero-order valence-corrected chi connectivity index (χ0v) is 14.5. The van der Waals surface area contributed by atoms with Crippen LogP contribution in [0.5, 0.6) is 0 Å². The first-order chi connectivity index (χ1) is 10.1. The van der Waals surface area contributed by atoms with Gasteiger partial charge in [-0.05, 0) is 20.3 Å². The molecule has 1 saturated heterocycles. The summed E-state index contributed by atoms with van der Waals surface area (Å²) >= 11 is 0. The molecule has 8 nitrogen and oxygen atoms in total. The number of aliphatic hydroxyl groups excluding tert-OH is 1. The van der Waals surface area contributed by atoms with E-state index < -0.39 is 19.9 Å². The second-order valence-electron chi connectivity index (χ2n) is 5.55. The predicted molar refractivity (Wildman–Crippen MR) is 80.9 cm³/mol. The van der Waals surface area contributed by atoms with Crippen molar-refractivity contribution < 1.29 is 21.9 Å². The molecule has 1 N–H and O–H groups in total. The van der Waals surface area contributed by atoms with Gasteiger partial charge in [-0.3, -0.25) is 4.68 Å². The summed E-state index contributed by atoms with van der Waals surface area (Å²) in [6, 6.07) is -0.323. The van der Waals surface area contributed by atoms with Crippen molar-refractivity contribution in [1.82, 2.24) is 14.1 Å². The lowest BCUT2D eigenvalue weighted by atomic mass is 10.2. The minimum Gasteiger partial charge on any atom is -0.395 e. The molecule has 0 bridgehead atoms. The van der Waals surface area contributed by atoms with Gasteiger partial charge in [0, 0.05) is 13.6 Å². The van der Waals surface area contributed by atoms with E-state index in [0.717, 1.165) is 4.31 Å². The van der Waals surface area contributed by atoms with Crippen LogP contribution in [-0.4, -0.2) is 67.7 Å². The minimum atomic E-state index is -3.76. The SMILES string of the molecule is Cc1nn([C@H]2CCS(=O)(=O)C2)c(C)c1S(=O)(=O)N(C)CCO. The zero-order valence-electron chi connectivity index (χ0n) is 12.9. The van der Waals surface area contributed by atoms with Gasteiger partial charge in [-0.1, -0.05) is 0 Å². The summed E-state index contributed by atoms with van der Waals surface area (Å²) in [4.78, 5) is 0.0905. The molecule has 1 aromatic heterocycles. The largest absolute Gasteiger partial charge is 0.395 e. The van der Waals surface area contributed by atoms with Crippen LogP contribution in [0.4, 0.5) is 0 Å². The Labute approximate surface area is 130 Å². The van der Waals surface area contributed by atoms with Crippen molar-refractivity contribution in [2.24, 2.45) is 0 Å². The monoisotopic (exact) mass is 351 g/mol. The fourth-order valence-electron chi connectivity index (χ4n) is 2.76. The average Bonchev–Trinajstić information content (AvgIpc) is 2.89. The van der Waals surface area contributed by atoms with E-state index in [1.54, 1.807) is 13.8 Å². The molecule has 22 heavy (non-hydrogen) atoms. The van der Waals surface area contributed by atoms with Crippen LogP contribution >= 0.6 is 0 Å². The number of sulfonamides is 1. The standard InChI is InChI=1S/C12H21N3O5S2/c1-9-12(22(19,20)14(3)5-6-16)10(2)15(13-9)11-4-7-21(17,18)8-11/h11,16H,4-8H2,1-3H3/t11-/m0/s1. The van der Waals surface area contributed by atoms with E-state index >= 15 is 0 Å². The first-order valence-electron chi connectivity index (χ1n) is 6.93. The molecule has 10 heteroatoms. The number of rotatable bonds is 5. The second-order valence-corrected chi connectivity index (χ2v) is 9.76. The van der Waals surface area contributed by atoms with Gasteiger partial charge in [-0.2, -0.15) is 9.40 Å². The van der Waals surface area contributed by atoms with Crippen LogP contribution in [0.3, 0.4) is 0 Å². The normalized spacial score (nSPS) is 21.6. The van der Waals surface area contributed by atoms with Gasteiger partial charge in [-0.25, -0.2) is 16.8 Å². The summed E-state index contributed by atoms with van der Waals surface area (Å²) in [5.74, 6) is 0.0867. The third-order valence-electron chi connectivity index (χ3n) is 3.90. The number of sulfone groups is 1. The number of nitrogens with zero attached hydrogens (tertiary/aromatic N) is 3. The fraction of sp³-hybridized carbons (Fsp3) is 0.750. The second kappa shape index (κ2) is 5.91. The van der Waals surface area contributed by atoms with E-state index in [9.17, 15) is 16.8 Å². The molecule has 2 rings (SSSR count). The predicted octanol–water partition coefficient (Wildman–Crippen LogP) is -0.528. The van der Waals surface area contributed by atoms with Crippen molar-refractivity contribution in [2.75, 3.05) is 31.7 Å². The van der Waals surface area contributed by atoms with Crippen molar-refractivity contribution >= 4 is 19.9 Å². The number of hydrogen-bond donors (Lipinski definition) is 1. The molecule has 0 unspecified atom stereocenters. The number of aryl methyl sites for hydroxylation is 1. The maximum atomic E-state index is 12.6. The highest BCUT2D eigenvalue weighted by molar-refractivity contribution is 7.91. The van der Waals surface area contributed by atoms with Gasteiger partial charge in [0.15, 0.2) is 9.84 Å². The molecule has 0 spiro atoms. The van der Waals surface area contributed by atoms with Crippen LogP contribution in [0.25, 0.3) is 0 Å². The van der Waals surface area contributed by atoms with E-state index in [1.807, 2.05) is 0 Å². The van der Waals surface area contributed by atoms with E-state index in [4.69, 9.17) is 5.11 Å². The van der Waals surface area contributed by atoms with E-state index in [0.29, 0.717) is 17.8 Å². The molecule has 0 amide bonds. The summed E-state index contributed by atoms with van der Waals surface area (Å²) in [6.45, 7) is 2.93. The molecule has 1 aliphatic heterocycles. The van der Waals surface area contributed by atoms with Crippen molar-refractivity contribution in [1.29, 1.82) is 0 Å². The highest BCUT2D eigenvalue weighted by Gasteiger charge is 2.34. The van der Waals surface area contributed by atoms with Crippen molar-refractivity contribution in [3.8, 4) is 0 Å². The highest BCUT2D eigenvalue weighted by atomic mass is 32.2. The summed E-state index contributed by atoms with van der Waals surface area (Å²) in [7, 11) is -5.45. The van der Waals surface area contributed by atoms with Crippen LogP contribution in [0.1, 0.15) is 23.9 Å². The third-order valence-corrected chi connectivity index (χ3v) is 7.76. The van der Waals surface area contributed by atoms with Crippen LogP contribution < -0.4 is 0 Å². The van der Waals surface area contributed by atoms with Gasteiger partial charge < -0.3 is 5.11 Å². The van der Waals surface area contributed by atoms with Gasteiger partial charge in [-0.15, -0.1) is 0 Å². The molecule has 1 aliphatic rings. The molecular formula is C12H21N3O5S2. The molecule has 1 aromatic rings. The fourth-order valence-corrected chi connectivity index (χ4v) is 5.97. The maximum Gasteiger partial charge on any atom is 0.246 e. The first-order valence-corrected chi connectivity index (χ1v) is 10.2. The highest BCUT2D eigenvalue weighted by Crippen LogP contribution is 2.29. The lowest BCUT2D eigenvalue weighted by Crippen LogP contribution is -2.30. The molecule has 0 aromatic carbocycles. The lowest BCUT2D eigenvalue weighted by molar-refractivity contribution is 0.266. The summed E-state index contributed by atoms with van der Waals surface area (Å²) in [5.41, 5.74) is 0.774. The van der Waals surface area contributed by atoms with Gasteiger partial charge >= 0.3 is 0 Å². The van der Waals surface area contributed by atoms with Crippen LogP contribution in [0, 0.1) is 13.8 Å². The van der Waals surface area contributed by atoms with E-state index in [2.05, 4.69) is 5.10 Å². The van der Waals surface area contributed by atoms with Gasteiger partial charge in [0.2, 0.25) is 10.0 Å². The van der Waals surface area contributed by atoms with Gasteiger partial charge in [0.1, 0.15) is 4.90 Å². The lowest BCUT2D eigenvalue weighted by Gasteiger charge is -2.16. The Morgan fingerprint density at radius 3 is 2.55 bits per heavy atom. The van der Waals surface area contributed by atoms with Crippen molar-refractivity contribution in [3.05, 3.63) is 11.4 Å². The third kappa shape index (κ3) is 3.05. The number of hydrogen-bond acceptors (Lipinski definition) is 6. The summed E-state index contributed by atoms with van der Waals surface area (Å²) < 4.78 is 50.9. The summed E-state index contributed by atoms with van der Waals surface area (Å²) in [5, 5.41) is 13.2. The minimum absolute atomic E-state index is 0.00972. The summed E-state index contributed by atoms with van der Waals surface area (Å²) in [6.07, 6.45) is 0.441. The Morgan fingerprint density at radius 1 is 1.41 bits per heavy atom. The Balaban J connectivity index is 2.44. The van der Waals surface area contributed by atoms with Crippen LogP contribution in [0.2, 0.25) is 0 Å². The Kier molecular flexibility index (Phi) is 4.67. The number of aromatic nitrogens is 2. The van der Waals surface area contributed by atoms with E-state index in [-0.39, 0.29) is 35.6 Å². The topological polar surface area (TPSA) is 110 Å². The Bertz CT molecular complexity index is 767. The number of aliphatic hydroxyl groups is 1. The van der Waals surface area contributed by atoms with Gasteiger partial charge in [0.25, 0.3) is 0 Å². The molecule has 1 atom stereocenters. The van der Waals surface area contributed by atoms with Crippen molar-refractivity contribution in [3.63, 3.8) is 0 Å². The molecule has 0 radical (unpaired) electrons. The van der Waals surface area contributed by atoms with Crippen LogP contribution in [0.15, 0.2) is 4.90 Å². The van der Waals surface area contributed by atoms with Crippen LogP contribution in [-0.2, 0) is 19.9 Å². The van der Waals surface area contributed by atoms with E-state index in [1.165, 1.54) is 11.7 Å². The van der Waals surface area contributed by atoms with Gasteiger partial charge in [0.05, 0.1) is 35.5 Å². The molecule has 0 saturated carbocycles. The Hall–Kier alpha value is -0.970. The van der Waals surface area contributed by atoms with Crippen molar-refractivity contribution in [2.45, 2.75) is 31.2 Å². The molecular weight excluding hydrogens is 330 g/mol. The average molecular weight is 351 g/mol. The molecule has 2 heterocycles. The zero-order chi connectivity index (χ0) is 16.7. The molecule has 0 aliphatic carbocycles.